The number of non-ortho nitro benzene ring substituents is 1. The van der Waals surface area contributed by atoms with Crippen LogP contribution in [-0.2, 0) is 0 Å². The third-order valence-electron chi connectivity index (χ3n) is 4.73. The zero-order valence-electron chi connectivity index (χ0n) is 15.8. The van der Waals surface area contributed by atoms with Gasteiger partial charge in [-0.3, -0.25) is 14.9 Å². The van der Waals surface area contributed by atoms with Gasteiger partial charge in [0, 0.05) is 35.3 Å². The summed E-state index contributed by atoms with van der Waals surface area (Å²) in [7, 11) is 0. The minimum absolute atomic E-state index is 0.125. The van der Waals surface area contributed by atoms with Crippen LogP contribution in [0.5, 0.6) is 0 Å². The summed E-state index contributed by atoms with van der Waals surface area (Å²) >= 11 is 0. The number of nitro benzene ring substituents is 1. The van der Waals surface area contributed by atoms with E-state index >= 15 is 0 Å². The summed E-state index contributed by atoms with van der Waals surface area (Å²) in [6, 6.07) is 16.0. The highest BCUT2D eigenvalue weighted by Crippen LogP contribution is 2.26. The molecule has 0 unspecified atom stereocenters. The van der Waals surface area contributed by atoms with E-state index in [1.165, 1.54) is 30.3 Å². The van der Waals surface area contributed by atoms with Crippen molar-refractivity contribution in [2.75, 3.05) is 11.9 Å². The molecule has 0 aliphatic carbocycles. The van der Waals surface area contributed by atoms with Gasteiger partial charge in [0.1, 0.15) is 11.1 Å². The van der Waals surface area contributed by atoms with Crippen molar-refractivity contribution < 1.29 is 14.1 Å². The lowest BCUT2D eigenvalue weighted by Crippen LogP contribution is -2.14. The van der Waals surface area contributed by atoms with Gasteiger partial charge in [-0.1, -0.05) is 12.1 Å². The van der Waals surface area contributed by atoms with E-state index in [2.05, 4.69) is 11.9 Å². The van der Waals surface area contributed by atoms with E-state index in [1.807, 2.05) is 24.3 Å². The first-order valence-corrected chi connectivity index (χ1v) is 9.12. The Morgan fingerprint density at radius 1 is 1.03 bits per heavy atom. The number of carbonyl (C=O) groups is 1. The van der Waals surface area contributed by atoms with Crippen LogP contribution in [0.15, 0.2) is 82.5 Å². The van der Waals surface area contributed by atoms with Crippen LogP contribution < -0.4 is 10.9 Å². The van der Waals surface area contributed by atoms with Gasteiger partial charge < -0.3 is 9.73 Å². The van der Waals surface area contributed by atoms with Gasteiger partial charge in [0.15, 0.2) is 5.78 Å². The number of hydrogen-bond donors (Lipinski definition) is 1. The molecule has 0 aliphatic heterocycles. The van der Waals surface area contributed by atoms with E-state index in [9.17, 15) is 19.7 Å². The van der Waals surface area contributed by atoms with Crippen LogP contribution in [0.2, 0.25) is 0 Å². The minimum atomic E-state index is -0.758. The first-order chi connectivity index (χ1) is 14.5. The summed E-state index contributed by atoms with van der Waals surface area (Å²) in [5.74, 6) is -0.551. The topological polar surface area (TPSA) is 102 Å². The van der Waals surface area contributed by atoms with Crippen molar-refractivity contribution in [2.24, 2.45) is 0 Å². The number of nitrogens with one attached hydrogen (secondary N) is 1. The van der Waals surface area contributed by atoms with Crippen molar-refractivity contribution in [3.8, 4) is 0 Å². The predicted octanol–water partition coefficient (Wildman–Crippen LogP) is 4.68. The van der Waals surface area contributed by atoms with Crippen LogP contribution in [0.3, 0.4) is 0 Å². The van der Waals surface area contributed by atoms with Crippen LogP contribution in [0, 0.1) is 10.1 Å². The Morgan fingerprint density at radius 3 is 2.50 bits per heavy atom. The molecule has 0 radical (unpaired) electrons. The minimum Gasteiger partial charge on any atom is -0.422 e. The van der Waals surface area contributed by atoms with Gasteiger partial charge in [-0.15, -0.1) is 6.58 Å². The molecule has 7 nitrogen and oxygen atoms in total. The molecular weight excluding hydrogens is 384 g/mol. The molecule has 0 saturated carbocycles. The molecule has 0 fully saturated rings. The first kappa shape index (κ1) is 19.1. The van der Waals surface area contributed by atoms with Crippen LogP contribution in [0.1, 0.15) is 15.9 Å². The summed E-state index contributed by atoms with van der Waals surface area (Å²) < 4.78 is 5.41. The maximum Gasteiger partial charge on any atom is 0.347 e. The lowest BCUT2D eigenvalue weighted by molar-refractivity contribution is -0.384. The van der Waals surface area contributed by atoms with Gasteiger partial charge in [-0.2, -0.15) is 0 Å². The van der Waals surface area contributed by atoms with E-state index < -0.39 is 16.3 Å². The number of rotatable bonds is 6. The fraction of sp³-hybridized carbons (Fsp3) is 0.0435. The fourth-order valence-electron chi connectivity index (χ4n) is 3.21. The molecule has 0 saturated heterocycles. The fourth-order valence-corrected chi connectivity index (χ4v) is 3.21. The lowest BCUT2D eigenvalue weighted by atomic mass is 10.0. The van der Waals surface area contributed by atoms with Gasteiger partial charge in [-0.05, 0) is 53.2 Å². The average molecular weight is 400 g/mol. The van der Waals surface area contributed by atoms with Crippen LogP contribution >= 0.6 is 0 Å². The molecule has 0 bridgehead atoms. The Kier molecular flexibility index (Phi) is 4.85. The average Bonchev–Trinajstić information content (AvgIpc) is 2.75. The van der Waals surface area contributed by atoms with Gasteiger partial charge in [0.2, 0.25) is 0 Å². The molecule has 148 valence electrons. The van der Waals surface area contributed by atoms with Crippen molar-refractivity contribution in [1.29, 1.82) is 0 Å². The largest absolute Gasteiger partial charge is 0.422 e. The molecule has 1 aromatic heterocycles. The summed E-state index contributed by atoms with van der Waals surface area (Å²) in [6.07, 6.45) is 1.76. The molecular formula is C23H16N2O5. The molecule has 0 amide bonds. The van der Waals surface area contributed by atoms with E-state index in [0.717, 1.165) is 16.5 Å². The van der Waals surface area contributed by atoms with Crippen LogP contribution in [0.25, 0.3) is 21.7 Å². The molecule has 0 aliphatic rings. The zero-order chi connectivity index (χ0) is 21.3. The Bertz CT molecular complexity index is 1370. The molecule has 0 spiro atoms. The monoisotopic (exact) mass is 400 g/mol. The second kappa shape index (κ2) is 7.63. The van der Waals surface area contributed by atoms with Gasteiger partial charge in [0.05, 0.1) is 4.92 Å². The maximum atomic E-state index is 12.8. The Hall–Kier alpha value is -4.26. The molecule has 1 heterocycles. The van der Waals surface area contributed by atoms with E-state index in [4.69, 9.17) is 4.42 Å². The van der Waals surface area contributed by atoms with Gasteiger partial charge in [0.25, 0.3) is 5.69 Å². The lowest BCUT2D eigenvalue weighted by Gasteiger charge is -2.07. The quantitative estimate of drug-likeness (QED) is 0.126. The normalized spacial score (nSPS) is 10.8. The number of anilines is 1. The SMILES string of the molecule is C=CCNc1ccc2cc3cc(C(=O)c4ccc([N+](=O)[O-])cc4)c(=O)oc3cc2c1. The number of nitrogens with zero attached hydrogens (tertiary/aromatic N) is 1. The summed E-state index contributed by atoms with van der Waals surface area (Å²) in [5, 5.41) is 16.4. The van der Waals surface area contributed by atoms with E-state index in [0.29, 0.717) is 17.5 Å². The second-order valence-electron chi connectivity index (χ2n) is 6.70. The van der Waals surface area contributed by atoms with Gasteiger partial charge in [-0.25, -0.2) is 4.79 Å². The molecule has 0 atom stereocenters. The Balaban J connectivity index is 1.76. The van der Waals surface area contributed by atoms with Gasteiger partial charge >= 0.3 is 5.63 Å². The first-order valence-electron chi connectivity index (χ1n) is 9.12. The molecule has 1 N–H and O–H groups in total. The number of ketones is 1. The standard InChI is InChI=1S/C23H16N2O5/c1-2-9-24-18-6-3-15-10-17-12-20(23(27)30-21(17)13-16(15)11-18)22(26)14-4-7-19(8-5-14)25(28)29/h2-8,10-13,24H,1,9H2. The highest BCUT2D eigenvalue weighted by atomic mass is 16.6. The highest BCUT2D eigenvalue weighted by molar-refractivity contribution is 6.10. The molecule has 7 heteroatoms. The van der Waals surface area contributed by atoms with Crippen molar-refractivity contribution in [3.63, 3.8) is 0 Å². The number of benzene rings is 3. The van der Waals surface area contributed by atoms with Crippen molar-refractivity contribution >= 4 is 38.9 Å². The van der Waals surface area contributed by atoms with Crippen molar-refractivity contribution in [1.82, 2.24) is 0 Å². The number of carbonyl (C=O) groups excluding carboxylic acids is 1. The molecule has 3 aromatic carbocycles. The Morgan fingerprint density at radius 2 is 1.80 bits per heavy atom. The molecule has 4 aromatic rings. The van der Waals surface area contributed by atoms with Crippen molar-refractivity contribution in [2.45, 2.75) is 0 Å². The van der Waals surface area contributed by atoms with Crippen molar-refractivity contribution in [3.05, 3.63) is 105 Å². The number of nitro groups is 1. The highest BCUT2D eigenvalue weighted by Gasteiger charge is 2.17. The molecule has 4 rings (SSSR count). The smallest absolute Gasteiger partial charge is 0.347 e. The number of fused-ring (bicyclic) bond motifs is 2. The second-order valence-corrected chi connectivity index (χ2v) is 6.70. The molecule has 30 heavy (non-hydrogen) atoms. The summed E-state index contributed by atoms with van der Waals surface area (Å²) in [4.78, 5) is 35.4. The summed E-state index contributed by atoms with van der Waals surface area (Å²) in [5.41, 5.74) is 0.435. The van der Waals surface area contributed by atoms with Crippen LogP contribution in [-0.4, -0.2) is 17.3 Å². The third kappa shape index (κ3) is 3.56. The van der Waals surface area contributed by atoms with Crippen LogP contribution in [0.4, 0.5) is 11.4 Å². The third-order valence-corrected chi connectivity index (χ3v) is 4.73. The number of hydrogen-bond acceptors (Lipinski definition) is 6. The van der Waals surface area contributed by atoms with E-state index in [-0.39, 0.29) is 16.8 Å². The zero-order valence-corrected chi connectivity index (χ0v) is 15.8. The summed E-state index contributed by atoms with van der Waals surface area (Å²) in [6.45, 7) is 4.30. The predicted molar refractivity (Wildman–Crippen MR) is 115 cm³/mol. The maximum absolute atomic E-state index is 12.8. The Labute approximate surface area is 170 Å². The van der Waals surface area contributed by atoms with E-state index in [1.54, 1.807) is 12.1 Å².